The topological polar surface area (TPSA) is 39.5 Å². The second kappa shape index (κ2) is 9.14. The number of piperidine rings is 1. The van der Waals surface area contributed by atoms with E-state index in [2.05, 4.69) is 35.2 Å². The summed E-state index contributed by atoms with van der Waals surface area (Å²) in [4.78, 5) is 2.49. The fourth-order valence-electron chi connectivity index (χ4n) is 3.84. The van der Waals surface area contributed by atoms with Gasteiger partial charge in [-0.3, -0.25) is 9.58 Å². The molecule has 5 heteroatoms. The van der Waals surface area contributed by atoms with E-state index in [4.69, 9.17) is 14.6 Å². The third kappa shape index (κ3) is 4.80. The highest BCUT2D eigenvalue weighted by atomic mass is 16.5. The Kier molecular flexibility index (Phi) is 6.15. The smallest absolute Gasteiger partial charge is 0.119 e. The van der Waals surface area contributed by atoms with Crippen LogP contribution in [0.4, 0.5) is 0 Å². The molecule has 0 aliphatic carbocycles. The van der Waals surface area contributed by atoms with Gasteiger partial charge in [-0.25, -0.2) is 0 Å². The largest absolute Gasteiger partial charge is 0.497 e. The van der Waals surface area contributed by atoms with E-state index in [-0.39, 0.29) is 0 Å². The van der Waals surface area contributed by atoms with Crippen molar-refractivity contribution in [3.63, 3.8) is 0 Å². The molecule has 0 N–H and O–H groups in total. The number of nitrogens with zero attached hydrogens (tertiary/aromatic N) is 3. The minimum Gasteiger partial charge on any atom is -0.497 e. The Morgan fingerprint density at radius 1 is 0.862 bits per heavy atom. The number of rotatable bonds is 7. The van der Waals surface area contributed by atoms with Gasteiger partial charge in [-0.2, -0.15) is 5.10 Å². The molecule has 29 heavy (non-hydrogen) atoms. The molecule has 2 heterocycles. The van der Waals surface area contributed by atoms with Crippen molar-refractivity contribution in [2.45, 2.75) is 19.3 Å². The summed E-state index contributed by atoms with van der Waals surface area (Å²) in [7, 11) is 3.65. The molecule has 0 saturated carbocycles. The average Bonchev–Trinajstić information content (AvgIpc) is 3.16. The minimum absolute atomic E-state index is 0.741. The molecule has 0 unspecified atom stereocenters. The van der Waals surface area contributed by atoms with E-state index in [1.54, 1.807) is 7.11 Å². The van der Waals surface area contributed by atoms with E-state index in [1.165, 1.54) is 32.4 Å². The monoisotopic (exact) mass is 391 g/mol. The van der Waals surface area contributed by atoms with Gasteiger partial charge in [0, 0.05) is 24.7 Å². The van der Waals surface area contributed by atoms with Crippen LogP contribution in [0.2, 0.25) is 0 Å². The summed E-state index contributed by atoms with van der Waals surface area (Å²) in [5.41, 5.74) is 4.23. The molecule has 152 valence electrons. The molecule has 0 amide bonds. The minimum atomic E-state index is 0.741. The molecule has 0 bridgehead atoms. The number of methoxy groups -OCH3 is 1. The van der Waals surface area contributed by atoms with E-state index in [9.17, 15) is 0 Å². The fraction of sp³-hybridized carbons (Fsp3) is 0.375. The zero-order chi connectivity index (χ0) is 20.1. The summed E-state index contributed by atoms with van der Waals surface area (Å²) in [6, 6.07) is 18.4. The van der Waals surface area contributed by atoms with Crippen molar-refractivity contribution in [2.75, 3.05) is 33.4 Å². The third-order valence-electron chi connectivity index (χ3n) is 5.54. The molecule has 4 rings (SSSR count). The number of ether oxygens (including phenoxy) is 2. The van der Waals surface area contributed by atoms with E-state index in [1.807, 2.05) is 36.0 Å². The quantitative estimate of drug-likeness (QED) is 0.589. The highest BCUT2D eigenvalue weighted by Gasteiger charge is 2.11. The van der Waals surface area contributed by atoms with Crippen LogP contribution in [0.15, 0.2) is 54.6 Å². The predicted molar refractivity (Wildman–Crippen MR) is 116 cm³/mol. The summed E-state index contributed by atoms with van der Waals surface area (Å²) >= 11 is 0. The zero-order valence-electron chi connectivity index (χ0n) is 17.3. The highest BCUT2D eigenvalue weighted by molar-refractivity contribution is 5.69. The van der Waals surface area contributed by atoms with Gasteiger partial charge in [0.1, 0.15) is 18.1 Å². The molecule has 1 aliphatic heterocycles. The van der Waals surface area contributed by atoms with Crippen LogP contribution in [0.5, 0.6) is 11.5 Å². The van der Waals surface area contributed by atoms with Gasteiger partial charge in [-0.05, 0) is 80.5 Å². The predicted octanol–water partition coefficient (Wildman–Crippen LogP) is 4.63. The van der Waals surface area contributed by atoms with Crippen molar-refractivity contribution in [3.05, 3.63) is 54.6 Å². The number of benzene rings is 2. The Morgan fingerprint density at radius 3 is 2.21 bits per heavy atom. The van der Waals surface area contributed by atoms with Crippen LogP contribution in [0.25, 0.3) is 22.5 Å². The molecular weight excluding hydrogens is 362 g/mol. The second-order valence-electron chi connectivity index (χ2n) is 7.54. The van der Waals surface area contributed by atoms with Gasteiger partial charge in [-0.1, -0.05) is 6.42 Å². The lowest BCUT2D eigenvalue weighted by molar-refractivity contribution is 0.183. The molecule has 1 aromatic heterocycles. The lowest BCUT2D eigenvalue weighted by Gasteiger charge is -2.26. The van der Waals surface area contributed by atoms with Crippen molar-refractivity contribution in [2.24, 2.45) is 7.05 Å². The first-order chi connectivity index (χ1) is 14.2. The number of likely N-dealkylation sites (tertiary alicyclic amines) is 1. The summed E-state index contributed by atoms with van der Waals surface area (Å²) in [6.07, 6.45) is 4.00. The number of aromatic nitrogens is 2. The first kappa shape index (κ1) is 19.5. The average molecular weight is 392 g/mol. The Morgan fingerprint density at radius 2 is 1.52 bits per heavy atom. The molecule has 1 saturated heterocycles. The van der Waals surface area contributed by atoms with Gasteiger partial charge < -0.3 is 9.47 Å². The molecule has 2 aromatic carbocycles. The molecule has 3 aromatic rings. The molecule has 0 atom stereocenters. The van der Waals surface area contributed by atoms with Crippen LogP contribution in [0.1, 0.15) is 19.3 Å². The summed E-state index contributed by atoms with van der Waals surface area (Å²) in [6.45, 7) is 4.16. The molecule has 1 aliphatic rings. The lowest BCUT2D eigenvalue weighted by Crippen LogP contribution is -2.33. The van der Waals surface area contributed by atoms with Crippen molar-refractivity contribution in [1.29, 1.82) is 0 Å². The maximum Gasteiger partial charge on any atom is 0.119 e. The van der Waals surface area contributed by atoms with Crippen LogP contribution >= 0.6 is 0 Å². The fourth-order valence-corrected chi connectivity index (χ4v) is 3.84. The first-order valence-electron chi connectivity index (χ1n) is 10.4. The number of hydrogen-bond donors (Lipinski definition) is 0. The Balaban J connectivity index is 1.39. The first-order valence-corrected chi connectivity index (χ1v) is 10.4. The maximum absolute atomic E-state index is 5.94. The van der Waals surface area contributed by atoms with E-state index in [0.717, 1.165) is 47.2 Å². The van der Waals surface area contributed by atoms with Gasteiger partial charge in [0.05, 0.1) is 18.5 Å². The second-order valence-corrected chi connectivity index (χ2v) is 7.54. The van der Waals surface area contributed by atoms with Gasteiger partial charge >= 0.3 is 0 Å². The van der Waals surface area contributed by atoms with Crippen LogP contribution in [0.3, 0.4) is 0 Å². The third-order valence-corrected chi connectivity index (χ3v) is 5.54. The van der Waals surface area contributed by atoms with Crippen molar-refractivity contribution >= 4 is 0 Å². The Bertz CT molecular complexity index is 910. The molecule has 0 radical (unpaired) electrons. The summed E-state index contributed by atoms with van der Waals surface area (Å²) < 4.78 is 13.1. The van der Waals surface area contributed by atoms with Crippen LogP contribution in [-0.4, -0.2) is 48.0 Å². The lowest BCUT2D eigenvalue weighted by atomic mass is 10.1. The molecule has 5 nitrogen and oxygen atoms in total. The van der Waals surface area contributed by atoms with E-state index < -0.39 is 0 Å². The molecule has 0 spiro atoms. The zero-order valence-corrected chi connectivity index (χ0v) is 17.3. The van der Waals surface area contributed by atoms with Crippen molar-refractivity contribution in [1.82, 2.24) is 14.7 Å². The van der Waals surface area contributed by atoms with Gasteiger partial charge in [-0.15, -0.1) is 0 Å². The Labute approximate surface area is 172 Å². The van der Waals surface area contributed by atoms with Gasteiger partial charge in [0.25, 0.3) is 0 Å². The SMILES string of the molecule is COc1ccc(-c2cc(-c3ccc(OCCN4CCCCC4)cc3)nn2C)cc1. The van der Waals surface area contributed by atoms with Gasteiger partial charge in [0.15, 0.2) is 0 Å². The van der Waals surface area contributed by atoms with Crippen LogP contribution < -0.4 is 9.47 Å². The number of hydrogen-bond acceptors (Lipinski definition) is 4. The van der Waals surface area contributed by atoms with Crippen LogP contribution in [-0.2, 0) is 7.05 Å². The number of aryl methyl sites for hydroxylation is 1. The van der Waals surface area contributed by atoms with Crippen LogP contribution in [0, 0.1) is 0 Å². The standard InChI is InChI=1S/C24H29N3O2/c1-26-24(20-8-10-21(28-2)11-9-20)18-23(25-26)19-6-12-22(13-7-19)29-17-16-27-14-4-3-5-15-27/h6-13,18H,3-5,14-17H2,1-2H3. The molecular formula is C24H29N3O2. The Hall–Kier alpha value is -2.79. The summed E-state index contributed by atoms with van der Waals surface area (Å²) in [5.74, 6) is 1.77. The van der Waals surface area contributed by atoms with E-state index in [0.29, 0.717) is 0 Å². The van der Waals surface area contributed by atoms with E-state index >= 15 is 0 Å². The van der Waals surface area contributed by atoms with Crippen molar-refractivity contribution in [3.8, 4) is 34.0 Å². The molecule has 1 fully saturated rings. The van der Waals surface area contributed by atoms with Gasteiger partial charge in [0.2, 0.25) is 0 Å². The maximum atomic E-state index is 5.94. The van der Waals surface area contributed by atoms with Crippen molar-refractivity contribution < 1.29 is 9.47 Å². The highest BCUT2D eigenvalue weighted by Crippen LogP contribution is 2.28. The normalized spacial score (nSPS) is 14.7. The summed E-state index contributed by atoms with van der Waals surface area (Å²) in [5, 5.41) is 4.69.